The van der Waals surface area contributed by atoms with Crippen LogP contribution in [0, 0.1) is 12.7 Å². The van der Waals surface area contributed by atoms with Crippen LogP contribution in [0.1, 0.15) is 23.2 Å². The van der Waals surface area contributed by atoms with E-state index in [0.717, 1.165) is 33.8 Å². The van der Waals surface area contributed by atoms with E-state index >= 15 is 0 Å². The smallest absolute Gasteiger partial charge is 0.319 e. The summed E-state index contributed by atoms with van der Waals surface area (Å²) in [5, 5.41) is 1.77. The number of carbonyl (C=O) groups excluding carboxylic acids is 1. The molecule has 1 aliphatic rings. The molecule has 3 aromatic rings. The first-order valence-electron chi connectivity index (χ1n) is 10.5. The zero-order chi connectivity index (χ0) is 23.4. The fourth-order valence-corrected chi connectivity index (χ4v) is 5.14. The van der Waals surface area contributed by atoms with Crippen molar-refractivity contribution in [3.63, 3.8) is 0 Å². The van der Waals surface area contributed by atoms with Gasteiger partial charge < -0.3 is 13.9 Å². The summed E-state index contributed by atoms with van der Waals surface area (Å²) in [7, 11) is 0. The predicted octanol–water partition coefficient (Wildman–Crippen LogP) is 5.42. The van der Waals surface area contributed by atoms with Gasteiger partial charge in [-0.15, -0.1) is 11.8 Å². The molecule has 4 rings (SSSR count). The van der Waals surface area contributed by atoms with Crippen LogP contribution < -0.4 is 0 Å². The normalized spacial score (nSPS) is 16.2. The number of allylic oxidation sites excluding steroid dienone is 1. The maximum Gasteiger partial charge on any atom is 0.319 e. The topological polar surface area (TPSA) is 68.5 Å². The van der Waals surface area contributed by atoms with Gasteiger partial charge in [0, 0.05) is 17.8 Å². The largest absolute Gasteiger partial charge is 0.464 e. The average molecular weight is 486 g/mol. The lowest BCUT2D eigenvalue weighted by molar-refractivity contribution is -0.142. The van der Waals surface area contributed by atoms with Crippen molar-refractivity contribution in [1.82, 2.24) is 4.57 Å². The summed E-state index contributed by atoms with van der Waals surface area (Å²) in [5.41, 5.74) is 5.42. The molecule has 0 fully saturated rings. The first kappa shape index (κ1) is 23.5. The van der Waals surface area contributed by atoms with Crippen LogP contribution >= 0.6 is 11.8 Å². The number of rotatable bonds is 8. The van der Waals surface area contributed by atoms with Gasteiger partial charge in [0.05, 0.1) is 18.1 Å². The van der Waals surface area contributed by atoms with E-state index in [1.807, 2.05) is 47.2 Å². The van der Waals surface area contributed by atoms with Gasteiger partial charge in [-0.2, -0.15) is 0 Å². The van der Waals surface area contributed by atoms with Crippen molar-refractivity contribution in [2.45, 2.75) is 30.8 Å². The maximum atomic E-state index is 13.5. The van der Waals surface area contributed by atoms with E-state index in [2.05, 4.69) is 6.07 Å². The molecule has 8 heteroatoms. The fourth-order valence-electron chi connectivity index (χ4n) is 3.85. The average Bonchev–Trinajstić information content (AvgIpc) is 3.44. The molecule has 2 heterocycles. The van der Waals surface area contributed by atoms with Crippen molar-refractivity contribution in [1.29, 1.82) is 0 Å². The summed E-state index contributed by atoms with van der Waals surface area (Å²) in [6.45, 7) is 2.27. The number of carbonyl (C=O) groups is 1. The molecular weight excluding hydrogens is 461 g/mol. The van der Waals surface area contributed by atoms with Crippen LogP contribution in [-0.4, -0.2) is 31.2 Å². The molecule has 2 atom stereocenters. The number of nitrogens with zero attached hydrogens (tertiary/aromatic N) is 1. The van der Waals surface area contributed by atoms with E-state index in [-0.39, 0.29) is 29.4 Å². The molecule has 0 radical (unpaired) electrons. The monoisotopic (exact) mass is 485 g/mol. The van der Waals surface area contributed by atoms with Crippen molar-refractivity contribution >= 4 is 28.8 Å². The fraction of sp³-hybridized carbons (Fsp3) is 0.240. The number of benzene rings is 2. The van der Waals surface area contributed by atoms with Gasteiger partial charge in [0.25, 0.3) is 0 Å². The summed E-state index contributed by atoms with van der Waals surface area (Å²) in [4.78, 5) is 12.2. The van der Waals surface area contributed by atoms with Gasteiger partial charge in [0.15, 0.2) is 11.1 Å². The quantitative estimate of drug-likeness (QED) is 0.341. The Morgan fingerprint density at radius 2 is 1.94 bits per heavy atom. The lowest BCUT2D eigenvalue weighted by Gasteiger charge is -2.13. The molecule has 0 saturated carbocycles. The second kappa shape index (κ2) is 10.5. The number of esters is 1. The third-order valence-electron chi connectivity index (χ3n) is 5.54. The van der Waals surface area contributed by atoms with Crippen LogP contribution in [0.2, 0.25) is 0 Å². The Kier molecular flexibility index (Phi) is 7.47. The Balaban J connectivity index is 1.60. The number of hydrogen-bond acceptors (Lipinski definition) is 4. The second-order valence-electron chi connectivity index (χ2n) is 7.76. The van der Waals surface area contributed by atoms with Gasteiger partial charge in [-0.1, -0.05) is 30.3 Å². The lowest BCUT2D eigenvalue weighted by Crippen LogP contribution is -2.19. The SMILES string of the molecule is Cc1c(CCOC(=O)C2CC=CS2)cc(-c2ccc(CS(=O)O)cc2)n1-c1ccc(F)cc1. The molecule has 0 saturated heterocycles. The highest BCUT2D eigenvalue weighted by molar-refractivity contribution is 8.03. The predicted molar refractivity (Wildman–Crippen MR) is 130 cm³/mol. The summed E-state index contributed by atoms with van der Waals surface area (Å²) in [6, 6.07) is 15.8. The van der Waals surface area contributed by atoms with E-state index in [1.54, 1.807) is 12.1 Å². The molecular formula is C25H24FNO4S2. The Morgan fingerprint density at radius 3 is 2.58 bits per heavy atom. The summed E-state index contributed by atoms with van der Waals surface area (Å²) in [5.74, 6) is -0.431. The summed E-state index contributed by atoms with van der Waals surface area (Å²) >= 11 is -0.418. The standard InChI is InChI=1S/C25H24FNO4S2/c1-17-20(12-13-31-25(28)24-3-2-14-32-24)15-23(27(17)22-10-8-21(26)9-11-22)19-6-4-18(5-7-19)16-33(29)30/h2,4-11,14-15,24H,3,12-13,16H2,1H3,(H,29,30). The summed E-state index contributed by atoms with van der Waals surface area (Å²) in [6.07, 6.45) is 3.23. The van der Waals surface area contributed by atoms with E-state index in [1.165, 1.54) is 23.9 Å². The first-order valence-corrected chi connectivity index (χ1v) is 12.8. The molecule has 172 valence electrons. The highest BCUT2D eigenvalue weighted by Crippen LogP contribution is 2.31. The van der Waals surface area contributed by atoms with Gasteiger partial charge >= 0.3 is 5.97 Å². The number of aromatic nitrogens is 1. The van der Waals surface area contributed by atoms with Crippen LogP contribution in [0.25, 0.3) is 16.9 Å². The lowest BCUT2D eigenvalue weighted by atomic mass is 10.1. The van der Waals surface area contributed by atoms with Crippen LogP contribution in [0.3, 0.4) is 0 Å². The molecule has 5 nitrogen and oxygen atoms in total. The van der Waals surface area contributed by atoms with Crippen LogP contribution in [0.5, 0.6) is 0 Å². The van der Waals surface area contributed by atoms with E-state index in [9.17, 15) is 13.4 Å². The molecule has 0 aliphatic carbocycles. The van der Waals surface area contributed by atoms with E-state index < -0.39 is 11.1 Å². The zero-order valence-corrected chi connectivity index (χ0v) is 19.7. The van der Waals surface area contributed by atoms with Crippen LogP contribution in [-0.2, 0) is 32.8 Å². The maximum absolute atomic E-state index is 13.5. The molecule has 1 aliphatic heterocycles. The molecule has 0 bridgehead atoms. The first-order chi connectivity index (χ1) is 15.9. The number of ether oxygens (including phenoxy) is 1. The molecule has 33 heavy (non-hydrogen) atoms. The zero-order valence-electron chi connectivity index (χ0n) is 18.1. The van der Waals surface area contributed by atoms with Gasteiger partial charge in [0.2, 0.25) is 0 Å². The Morgan fingerprint density at radius 1 is 1.21 bits per heavy atom. The van der Waals surface area contributed by atoms with Crippen LogP contribution in [0.4, 0.5) is 4.39 Å². The molecule has 0 spiro atoms. The van der Waals surface area contributed by atoms with Gasteiger partial charge in [-0.25, -0.2) is 8.60 Å². The van der Waals surface area contributed by atoms with Gasteiger partial charge in [0.1, 0.15) is 11.1 Å². The third kappa shape index (κ3) is 5.63. The highest BCUT2D eigenvalue weighted by Gasteiger charge is 2.22. The van der Waals surface area contributed by atoms with Crippen molar-refractivity contribution in [2.75, 3.05) is 6.61 Å². The van der Waals surface area contributed by atoms with E-state index in [4.69, 9.17) is 9.29 Å². The minimum atomic E-state index is -1.90. The molecule has 2 unspecified atom stereocenters. The Bertz CT molecular complexity index is 1180. The Hall–Kier alpha value is -2.68. The van der Waals surface area contributed by atoms with Crippen LogP contribution in [0.15, 0.2) is 66.1 Å². The molecule has 1 aromatic heterocycles. The number of thioether (sulfide) groups is 1. The van der Waals surface area contributed by atoms with E-state index in [0.29, 0.717) is 12.8 Å². The molecule has 0 amide bonds. The van der Waals surface area contributed by atoms with Crippen molar-refractivity contribution in [3.05, 3.63) is 88.7 Å². The van der Waals surface area contributed by atoms with Crippen molar-refractivity contribution in [2.24, 2.45) is 0 Å². The number of halogens is 1. The summed E-state index contributed by atoms with van der Waals surface area (Å²) < 4.78 is 41.3. The Labute approximate surface area is 198 Å². The van der Waals surface area contributed by atoms with Crippen molar-refractivity contribution < 1.29 is 22.7 Å². The highest BCUT2D eigenvalue weighted by atomic mass is 32.2. The van der Waals surface area contributed by atoms with Crippen molar-refractivity contribution in [3.8, 4) is 16.9 Å². The number of hydrogen-bond donors (Lipinski definition) is 1. The molecule has 1 N–H and O–H groups in total. The second-order valence-corrected chi connectivity index (χ2v) is 9.81. The van der Waals surface area contributed by atoms with Gasteiger partial charge in [-0.05, 0) is 65.8 Å². The molecule has 2 aromatic carbocycles. The minimum absolute atomic E-state index is 0.0731. The van der Waals surface area contributed by atoms with Gasteiger partial charge in [-0.3, -0.25) is 4.79 Å². The third-order valence-corrected chi connectivity index (χ3v) is 7.19. The minimum Gasteiger partial charge on any atom is -0.464 e.